The van der Waals surface area contributed by atoms with Crippen LogP contribution in [0.1, 0.15) is 25.3 Å². The Morgan fingerprint density at radius 3 is 2.86 bits per heavy atom. The van der Waals surface area contributed by atoms with Gasteiger partial charge in [-0.1, -0.05) is 19.1 Å². The predicted molar refractivity (Wildman–Crippen MR) is 85.0 cm³/mol. The molecule has 1 saturated heterocycles. The van der Waals surface area contributed by atoms with Gasteiger partial charge in [0.2, 0.25) is 0 Å². The minimum Gasteiger partial charge on any atom is -0.507 e. The highest BCUT2D eigenvalue weighted by Gasteiger charge is 2.22. The van der Waals surface area contributed by atoms with E-state index < -0.39 is 0 Å². The van der Waals surface area contributed by atoms with Crippen molar-refractivity contribution in [1.29, 1.82) is 0 Å². The average molecular weight is 286 g/mol. The molecule has 3 rings (SSSR count). The highest BCUT2D eigenvalue weighted by Crippen LogP contribution is 2.29. The number of ether oxygens (including phenoxy) is 1. The largest absolute Gasteiger partial charge is 0.507 e. The third kappa shape index (κ3) is 2.98. The molecular weight excluding hydrogens is 262 g/mol. The second-order valence-corrected chi connectivity index (χ2v) is 6.28. The van der Waals surface area contributed by atoms with Crippen LogP contribution in [-0.2, 0) is 6.54 Å². The number of quaternary nitrogens is 1. The van der Waals surface area contributed by atoms with Crippen LogP contribution in [-0.4, -0.2) is 25.3 Å². The lowest BCUT2D eigenvalue weighted by molar-refractivity contribution is -0.922. The average Bonchev–Trinajstić information content (AvgIpc) is 2.50. The Bertz CT molecular complexity index is 638. The number of aromatic hydroxyl groups is 1. The summed E-state index contributed by atoms with van der Waals surface area (Å²) in [6.07, 6.45) is 2.62. The Morgan fingerprint density at radius 2 is 2.10 bits per heavy atom. The first-order valence-corrected chi connectivity index (χ1v) is 7.79. The van der Waals surface area contributed by atoms with Gasteiger partial charge in [-0.25, -0.2) is 0 Å². The van der Waals surface area contributed by atoms with Crippen LogP contribution in [0.15, 0.2) is 30.3 Å². The molecule has 112 valence electrons. The van der Waals surface area contributed by atoms with Gasteiger partial charge in [0.25, 0.3) is 0 Å². The van der Waals surface area contributed by atoms with E-state index in [1.807, 2.05) is 24.3 Å². The van der Waals surface area contributed by atoms with E-state index >= 15 is 0 Å². The number of piperidine rings is 1. The first kappa shape index (κ1) is 14.2. The van der Waals surface area contributed by atoms with E-state index in [9.17, 15) is 5.11 Å². The third-order valence-electron chi connectivity index (χ3n) is 4.61. The molecule has 2 aromatic carbocycles. The zero-order chi connectivity index (χ0) is 14.8. The molecule has 21 heavy (non-hydrogen) atoms. The number of fused-ring (bicyclic) bond motifs is 1. The number of methoxy groups -OCH3 is 1. The summed E-state index contributed by atoms with van der Waals surface area (Å²) in [5.74, 6) is 2.03. The molecule has 2 aromatic rings. The Labute approximate surface area is 126 Å². The van der Waals surface area contributed by atoms with Crippen LogP contribution in [0.4, 0.5) is 0 Å². The number of benzene rings is 2. The second kappa shape index (κ2) is 5.94. The number of likely N-dealkylation sites (tertiary alicyclic amines) is 1. The van der Waals surface area contributed by atoms with Crippen LogP contribution in [0.25, 0.3) is 10.8 Å². The zero-order valence-corrected chi connectivity index (χ0v) is 12.9. The number of hydrogen-bond acceptors (Lipinski definition) is 2. The van der Waals surface area contributed by atoms with E-state index in [4.69, 9.17) is 4.74 Å². The van der Waals surface area contributed by atoms with Gasteiger partial charge in [0.1, 0.15) is 18.0 Å². The summed E-state index contributed by atoms with van der Waals surface area (Å²) >= 11 is 0. The Hall–Kier alpha value is -1.74. The maximum atomic E-state index is 10.3. The van der Waals surface area contributed by atoms with E-state index in [-0.39, 0.29) is 0 Å². The lowest BCUT2D eigenvalue weighted by Crippen LogP contribution is -3.12. The number of hydrogen-bond donors (Lipinski definition) is 2. The van der Waals surface area contributed by atoms with E-state index in [1.165, 1.54) is 25.9 Å². The maximum absolute atomic E-state index is 10.3. The van der Waals surface area contributed by atoms with Crippen LogP contribution >= 0.6 is 0 Å². The number of phenols is 1. The Balaban J connectivity index is 1.97. The molecule has 0 saturated carbocycles. The number of rotatable bonds is 3. The van der Waals surface area contributed by atoms with E-state index in [0.717, 1.165) is 34.5 Å². The van der Waals surface area contributed by atoms with Crippen LogP contribution in [0.2, 0.25) is 0 Å². The van der Waals surface area contributed by atoms with Gasteiger partial charge in [-0.05, 0) is 41.8 Å². The monoisotopic (exact) mass is 286 g/mol. The van der Waals surface area contributed by atoms with Crippen molar-refractivity contribution >= 4 is 10.8 Å². The first-order chi connectivity index (χ1) is 10.2. The minimum atomic E-state index is 0.404. The number of nitrogens with one attached hydrogen (secondary N) is 1. The fourth-order valence-corrected chi connectivity index (χ4v) is 3.47. The minimum absolute atomic E-state index is 0.404. The second-order valence-electron chi connectivity index (χ2n) is 6.28. The maximum Gasteiger partial charge on any atom is 0.125 e. The molecule has 0 bridgehead atoms. The Morgan fingerprint density at radius 1 is 1.29 bits per heavy atom. The fraction of sp³-hybridized carbons (Fsp3) is 0.444. The van der Waals surface area contributed by atoms with E-state index in [1.54, 1.807) is 12.0 Å². The van der Waals surface area contributed by atoms with E-state index in [2.05, 4.69) is 13.0 Å². The summed E-state index contributed by atoms with van der Waals surface area (Å²) in [5, 5.41) is 12.6. The molecule has 0 aromatic heterocycles. The summed E-state index contributed by atoms with van der Waals surface area (Å²) in [6.45, 7) is 5.61. The molecule has 1 heterocycles. The highest BCUT2D eigenvalue weighted by molar-refractivity contribution is 5.88. The molecule has 0 aliphatic carbocycles. The van der Waals surface area contributed by atoms with Crippen LogP contribution in [0.3, 0.4) is 0 Å². The topological polar surface area (TPSA) is 33.9 Å². The molecule has 1 aliphatic rings. The summed E-state index contributed by atoms with van der Waals surface area (Å²) in [4.78, 5) is 1.57. The first-order valence-electron chi connectivity index (χ1n) is 7.79. The van der Waals surface area contributed by atoms with Gasteiger partial charge in [0, 0.05) is 5.92 Å². The van der Waals surface area contributed by atoms with E-state index in [0.29, 0.717) is 5.75 Å². The smallest absolute Gasteiger partial charge is 0.125 e. The molecule has 3 nitrogen and oxygen atoms in total. The summed E-state index contributed by atoms with van der Waals surface area (Å²) in [6, 6.07) is 9.86. The van der Waals surface area contributed by atoms with Crippen LogP contribution in [0.5, 0.6) is 11.5 Å². The quantitative estimate of drug-likeness (QED) is 0.908. The molecule has 2 atom stereocenters. The van der Waals surface area contributed by atoms with Crippen molar-refractivity contribution < 1.29 is 14.7 Å². The van der Waals surface area contributed by atoms with Gasteiger partial charge in [0.15, 0.2) is 0 Å². The van der Waals surface area contributed by atoms with Crippen LogP contribution < -0.4 is 9.64 Å². The molecule has 3 heteroatoms. The molecular formula is C18H24NO2+. The fourth-order valence-electron chi connectivity index (χ4n) is 3.47. The SMILES string of the molecule is COc1ccc2ccc(O)c(C[NH+]3CCC[C@H](C)C3)c2c1. The van der Waals surface area contributed by atoms with Gasteiger partial charge in [0.05, 0.1) is 25.8 Å². The van der Waals surface area contributed by atoms with Crippen molar-refractivity contribution in [2.45, 2.75) is 26.3 Å². The molecule has 1 unspecified atom stereocenters. The van der Waals surface area contributed by atoms with Crippen molar-refractivity contribution in [3.8, 4) is 11.5 Å². The summed E-state index contributed by atoms with van der Waals surface area (Å²) in [5.41, 5.74) is 1.05. The normalized spacial score (nSPS) is 22.4. The molecule has 2 N–H and O–H groups in total. The Kier molecular flexibility index (Phi) is 4.02. The van der Waals surface area contributed by atoms with Crippen molar-refractivity contribution in [3.63, 3.8) is 0 Å². The molecule has 1 fully saturated rings. The molecule has 0 spiro atoms. The third-order valence-corrected chi connectivity index (χ3v) is 4.61. The molecule has 0 amide bonds. The zero-order valence-electron chi connectivity index (χ0n) is 12.9. The van der Waals surface area contributed by atoms with Gasteiger partial charge >= 0.3 is 0 Å². The standard InChI is InChI=1S/C18H23NO2/c1-13-4-3-9-19(11-13)12-17-16-10-15(21-2)7-5-14(16)6-8-18(17)20/h5-8,10,13,20H,3-4,9,11-12H2,1-2H3/p+1/t13-/m0/s1. The highest BCUT2D eigenvalue weighted by atomic mass is 16.5. The van der Waals surface area contributed by atoms with Crippen molar-refractivity contribution in [2.24, 2.45) is 5.92 Å². The summed E-state index contributed by atoms with van der Waals surface area (Å²) < 4.78 is 5.34. The predicted octanol–water partition coefficient (Wildman–Crippen LogP) is 2.37. The summed E-state index contributed by atoms with van der Waals surface area (Å²) in [7, 11) is 1.68. The van der Waals surface area contributed by atoms with Gasteiger partial charge in [-0.15, -0.1) is 0 Å². The van der Waals surface area contributed by atoms with Crippen molar-refractivity contribution in [2.75, 3.05) is 20.2 Å². The van der Waals surface area contributed by atoms with Crippen molar-refractivity contribution in [3.05, 3.63) is 35.9 Å². The lowest BCUT2D eigenvalue weighted by Gasteiger charge is -2.28. The van der Waals surface area contributed by atoms with Crippen LogP contribution in [0, 0.1) is 5.92 Å². The van der Waals surface area contributed by atoms with Crippen molar-refractivity contribution in [1.82, 2.24) is 0 Å². The van der Waals surface area contributed by atoms with Gasteiger partial charge in [-0.2, -0.15) is 0 Å². The van der Waals surface area contributed by atoms with Gasteiger partial charge < -0.3 is 14.7 Å². The lowest BCUT2D eigenvalue weighted by atomic mass is 9.98. The molecule has 1 aliphatic heterocycles. The number of phenolic OH excluding ortho intramolecular Hbond substituents is 1. The van der Waals surface area contributed by atoms with Gasteiger partial charge in [-0.3, -0.25) is 0 Å². The molecule has 0 radical (unpaired) electrons.